The number of aliphatic hydroxyl groups excluding tert-OH is 1. The largest absolute Gasteiger partial charge is 0.454 e. The Hall–Kier alpha value is -2.20. The molecule has 0 fully saturated rings. The fourth-order valence-corrected chi connectivity index (χ4v) is 2.39. The van der Waals surface area contributed by atoms with E-state index in [4.69, 9.17) is 9.47 Å². The Bertz CT molecular complexity index is 624. The fourth-order valence-electron chi connectivity index (χ4n) is 2.39. The molecule has 1 aliphatic heterocycles. The molecule has 0 spiro atoms. The Balaban J connectivity index is 1.70. The first-order valence-corrected chi connectivity index (χ1v) is 6.99. The fraction of sp³-hybridized carbons (Fsp3) is 0.294. The van der Waals surface area contributed by atoms with Gasteiger partial charge in [0.15, 0.2) is 11.5 Å². The van der Waals surface area contributed by atoms with Gasteiger partial charge in [-0.1, -0.05) is 23.8 Å². The summed E-state index contributed by atoms with van der Waals surface area (Å²) in [6, 6.07) is 13.8. The molecular weight excluding hydrogens is 266 g/mol. The number of hydrogen-bond acceptors (Lipinski definition) is 4. The van der Waals surface area contributed by atoms with Crippen LogP contribution in [0.2, 0.25) is 0 Å². The average molecular weight is 285 g/mol. The molecule has 1 aliphatic rings. The normalized spacial score (nSPS) is 14.0. The SMILES string of the molecule is Cc1ccc(N(C)CC(O)c2ccc3c(c2)OCO3)cc1. The number of likely N-dealkylation sites (N-methyl/N-ethyl adjacent to an activating group) is 1. The lowest BCUT2D eigenvalue weighted by Gasteiger charge is -2.23. The number of anilines is 1. The maximum absolute atomic E-state index is 10.4. The highest BCUT2D eigenvalue weighted by atomic mass is 16.7. The molecule has 110 valence electrons. The van der Waals surface area contributed by atoms with E-state index in [1.54, 1.807) is 0 Å². The summed E-state index contributed by atoms with van der Waals surface area (Å²) >= 11 is 0. The topological polar surface area (TPSA) is 41.9 Å². The van der Waals surface area contributed by atoms with E-state index in [-0.39, 0.29) is 6.79 Å². The van der Waals surface area contributed by atoms with Crippen molar-refractivity contribution in [3.63, 3.8) is 0 Å². The van der Waals surface area contributed by atoms with Gasteiger partial charge in [0, 0.05) is 19.3 Å². The van der Waals surface area contributed by atoms with Crippen LogP contribution in [-0.2, 0) is 0 Å². The highest BCUT2D eigenvalue weighted by molar-refractivity contribution is 5.48. The van der Waals surface area contributed by atoms with Gasteiger partial charge in [0.05, 0.1) is 6.10 Å². The summed E-state index contributed by atoms with van der Waals surface area (Å²) in [5.74, 6) is 1.43. The number of nitrogens with zero attached hydrogens (tertiary/aromatic N) is 1. The number of benzene rings is 2. The summed E-state index contributed by atoms with van der Waals surface area (Å²) in [6.07, 6.45) is -0.578. The average Bonchev–Trinajstić information content (AvgIpc) is 2.95. The van der Waals surface area contributed by atoms with Gasteiger partial charge in [-0.15, -0.1) is 0 Å². The quantitative estimate of drug-likeness (QED) is 0.938. The van der Waals surface area contributed by atoms with E-state index < -0.39 is 6.10 Å². The van der Waals surface area contributed by atoms with Gasteiger partial charge in [0.1, 0.15) is 0 Å². The molecule has 1 unspecified atom stereocenters. The van der Waals surface area contributed by atoms with Crippen LogP contribution in [0.25, 0.3) is 0 Å². The molecule has 0 aliphatic carbocycles. The first kappa shape index (κ1) is 13.8. The molecule has 1 N–H and O–H groups in total. The molecule has 0 saturated carbocycles. The van der Waals surface area contributed by atoms with Gasteiger partial charge in [0.2, 0.25) is 6.79 Å². The minimum atomic E-state index is -0.578. The lowest BCUT2D eigenvalue weighted by molar-refractivity contribution is 0.172. The molecular formula is C17H19NO3. The van der Waals surface area contributed by atoms with E-state index in [2.05, 4.69) is 31.2 Å². The Morgan fingerprint density at radius 2 is 1.81 bits per heavy atom. The minimum absolute atomic E-state index is 0.248. The van der Waals surface area contributed by atoms with Gasteiger partial charge < -0.3 is 19.5 Å². The van der Waals surface area contributed by atoms with Crippen LogP contribution in [0, 0.1) is 6.92 Å². The molecule has 21 heavy (non-hydrogen) atoms. The minimum Gasteiger partial charge on any atom is -0.454 e. The lowest BCUT2D eigenvalue weighted by Crippen LogP contribution is -2.24. The maximum atomic E-state index is 10.4. The van der Waals surface area contributed by atoms with Crippen LogP contribution < -0.4 is 14.4 Å². The summed E-state index contributed by atoms with van der Waals surface area (Å²) in [4.78, 5) is 2.04. The maximum Gasteiger partial charge on any atom is 0.231 e. The summed E-state index contributed by atoms with van der Waals surface area (Å²) in [5.41, 5.74) is 3.14. The molecule has 0 bridgehead atoms. The van der Waals surface area contributed by atoms with Crippen LogP contribution in [-0.4, -0.2) is 25.5 Å². The highest BCUT2D eigenvalue weighted by Gasteiger charge is 2.17. The third-order valence-electron chi connectivity index (χ3n) is 3.70. The molecule has 2 aromatic rings. The predicted octanol–water partition coefficient (Wildman–Crippen LogP) is 2.89. The Morgan fingerprint density at radius 3 is 2.57 bits per heavy atom. The van der Waals surface area contributed by atoms with Crippen molar-refractivity contribution in [2.24, 2.45) is 0 Å². The van der Waals surface area contributed by atoms with Crippen LogP contribution >= 0.6 is 0 Å². The summed E-state index contributed by atoms with van der Waals surface area (Å²) in [7, 11) is 1.97. The Labute approximate surface area is 124 Å². The lowest BCUT2D eigenvalue weighted by atomic mass is 10.1. The third kappa shape index (κ3) is 2.95. The Morgan fingerprint density at radius 1 is 1.10 bits per heavy atom. The van der Waals surface area contributed by atoms with E-state index in [9.17, 15) is 5.11 Å². The van der Waals surface area contributed by atoms with Gasteiger partial charge in [-0.2, -0.15) is 0 Å². The van der Waals surface area contributed by atoms with Crippen LogP contribution in [0.3, 0.4) is 0 Å². The van der Waals surface area contributed by atoms with Crippen molar-refractivity contribution in [3.05, 3.63) is 53.6 Å². The van der Waals surface area contributed by atoms with Gasteiger partial charge in [0.25, 0.3) is 0 Å². The van der Waals surface area contributed by atoms with Crippen molar-refractivity contribution in [2.75, 3.05) is 25.3 Å². The highest BCUT2D eigenvalue weighted by Crippen LogP contribution is 2.34. The molecule has 1 atom stereocenters. The summed E-state index contributed by atoms with van der Waals surface area (Å²) < 4.78 is 10.6. The van der Waals surface area contributed by atoms with Gasteiger partial charge in [-0.3, -0.25) is 0 Å². The monoisotopic (exact) mass is 285 g/mol. The standard InChI is InChI=1S/C17H19NO3/c1-12-3-6-14(7-4-12)18(2)10-15(19)13-5-8-16-17(9-13)21-11-20-16/h3-9,15,19H,10-11H2,1-2H3. The molecule has 0 aromatic heterocycles. The van der Waals surface area contributed by atoms with Gasteiger partial charge >= 0.3 is 0 Å². The van der Waals surface area contributed by atoms with Crippen LogP contribution in [0.1, 0.15) is 17.2 Å². The molecule has 3 rings (SSSR count). The molecule has 0 radical (unpaired) electrons. The van der Waals surface area contributed by atoms with Crippen LogP contribution in [0.15, 0.2) is 42.5 Å². The summed E-state index contributed by atoms with van der Waals surface area (Å²) in [5, 5.41) is 10.4. The smallest absolute Gasteiger partial charge is 0.231 e. The van der Waals surface area contributed by atoms with E-state index >= 15 is 0 Å². The number of ether oxygens (including phenoxy) is 2. The first-order valence-electron chi connectivity index (χ1n) is 6.99. The van der Waals surface area contributed by atoms with Crippen molar-refractivity contribution in [3.8, 4) is 11.5 Å². The Kier molecular flexibility index (Phi) is 3.71. The van der Waals surface area contributed by atoms with E-state index in [1.165, 1.54) is 5.56 Å². The van der Waals surface area contributed by atoms with Crippen LogP contribution in [0.5, 0.6) is 11.5 Å². The van der Waals surface area contributed by atoms with Crippen LogP contribution in [0.4, 0.5) is 5.69 Å². The second-order valence-corrected chi connectivity index (χ2v) is 5.34. The molecule has 4 heteroatoms. The molecule has 0 saturated heterocycles. The van der Waals surface area contributed by atoms with Gasteiger partial charge in [-0.05, 0) is 36.8 Å². The van der Waals surface area contributed by atoms with Crippen molar-refractivity contribution in [2.45, 2.75) is 13.0 Å². The number of aliphatic hydroxyl groups is 1. The number of fused-ring (bicyclic) bond motifs is 1. The van der Waals surface area contributed by atoms with Gasteiger partial charge in [-0.25, -0.2) is 0 Å². The third-order valence-corrected chi connectivity index (χ3v) is 3.70. The molecule has 1 heterocycles. The van der Waals surface area contributed by atoms with E-state index in [0.29, 0.717) is 12.3 Å². The zero-order chi connectivity index (χ0) is 14.8. The van der Waals surface area contributed by atoms with Crippen molar-refractivity contribution < 1.29 is 14.6 Å². The number of hydrogen-bond donors (Lipinski definition) is 1. The number of rotatable bonds is 4. The van der Waals surface area contributed by atoms with Crippen molar-refractivity contribution in [1.82, 2.24) is 0 Å². The first-order chi connectivity index (χ1) is 10.1. The molecule has 2 aromatic carbocycles. The van der Waals surface area contributed by atoms with Crippen molar-refractivity contribution >= 4 is 5.69 Å². The second kappa shape index (κ2) is 5.66. The number of aryl methyl sites for hydroxylation is 1. The molecule has 0 amide bonds. The van der Waals surface area contributed by atoms with E-state index in [0.717, 1.165) is 17.0 Å². The predicted molar refractivity (Wildman–Crippen MR) is 82.0 cm³/mol. The molecule has 4 nitrogen and oxygen atoms in total. The zero-order valence-corrected chi connectivity index (χ0v) is 12.2. The zero-order valence-electron chi connectivity index (χ0n) is 12.2. The van der Waals surface area contributed by atoms with Crippen molar-refractivity contribution in [1.29, 1.82) is 0 Å². The second-order valence-electron chi connectivity index (χ2n) is 5.34. The van der Waals surface area contributed by atoms with E-state index in [1.807, 2.05) is 30.1 Å². The summed E-state index contributed by atoms with van der Waals surface area (Å²) in [6.45, 7) is 2.83.